The number of aryl methyl sites for hydroxylation is 1. The van der Waals surface area contributed by atoms with Crippen molar-refractivity contribution in [1.82, 2.24) is 10.2 Å². The molecular weight excluding hydrogens is 220 g/mol. The Hall–Kier alpha value is -0.860. The summed E-state index contributed by atoms with van der Waals surface area (Å²) < 4.78 is 0. The molecule has 18 heavy (non-hydrogen) atoms. The quantitative estimate of drug-likeness (QED) is 0.859. The van der Waals surface area contributed by atoms with Crippen molar-refractivity contribution in [3.8, 4) is 0 Å². The molecule has 0 amide bonds. The van der Waals surface area contributed by atoms with Gasteiger partial charge in [-0.05, 0) is 44.3 Å². The molecule has 0 aliphatic carbocycles. The van der Waals surface area contributed by atoms with Crippen LogP contribution in [0.1, 0.15) is 30.9 Å². The molecule has 1 aliphatic rings. The summed E-state index contributed by atoms with van der Waals surface area (Å²) in [5, 5.41) is 3.52. The number of rotatable bonds is 5. The van der Waals surface area contributed by atoms with Gasteiger partial charge in [0.15, 0.2) is 0 Å². The molecule has 1 N–H and O–H groups in total. The van der Waals surface area contributed by atoms with Crippen molar-refractivity contribution < 1.29 is 0 Å². The lowest BCUT2D eigenvalue weighted by Crippen LogP contribution is -2.36. The maximum absolute atomic E-state index is 3.52. The summed E-state index contributed by atoms with van der Waals surface area (Å²) in [5.41, 5.74) is 3.28. The van der Waals surface area contributed by atoms with Gasteiger partial charge in [-0.15, -0.1) is 0 Å². The minimum atomic E-state index is 0.499. The molecule has 2 heteroatoms. The lowest BCUT2D eigenvalue weighted by atomic mass is 9.84. The van der Waals surface area contributed by atoms with Gasteiger partial charge < -0.3 is 10.2 Å². The van der Waals surface area contributed by atoms with Crippen LogP contribution in [0.5, 0.6) is 0 Å². The van der Waals surface area contributed by atoms with Crippen molar-refractivity contribution in [2.24, 2.45) is 5.41 Å². The molecule has 1 aliphatic heterocycles. The first-order valence-electron chi connectivity index (χ1n) is 7.08. The molecule has 0 spiro atoms. The number of nitrogens with zero attached hydrogens (tertiary/aromatic N) is 1. The molecule has 0 saturated carbocycles. The predicted molar refractivity (Wildman–Crippen MR) is 77.7 cm³/mol. The van der Waals surface area contributed by atoms with Gasteiger partial charge in [-0.25, -0.2) is 0 Å². The van der Waals surface area contributed by atoms with Crippen LogP contribution in [0.15, 0.2) is 24.3 Å². The van der Waals surface area contributed by atoms with Crippen LogP contribution in [-0.2, 0) is 6.54 Å². The van der Waals surface area contributed by atoms with Crippen molar-refractivity contribution in [3.63, 3.8) is 0 Å². The minimum Gasteiger partial charge on any atom is -0.316 e. The lowest BCUT2D eigenvalue weighted by molar-refractivity contribution is 0.179. The van der Waals surface area contributed by atoms with E-state index in [-0.39, 0.29) is 0 Å². The molecule has 1 fully saturated rings. The normalized spacial score (nSPS) is 23.8. The van der Waals surface area contributed by atoms with Crippen LogP contribution in [-0.4, -0.2) is 31.6 Å². The Morgan fingerprint density at radius 3 is 2.83 bits per heavy atom. The third-order valence-corrected chi connectivity index (χ3v) is 4.22. The number of benzene rings is 1. The van der Waals surface area contributed by atoms with E-state index in [1.807, 2.05) is 0 Å². The highest BCUT2D eigenvalue weighted by Crippen LogP contribution is 2.30. The van der Waals surface area contributed by atoms with Gasteiger partial charge >= 0.3 is 0 Å². The molecule has 0 bridgehead atoms. The van der Waals surface area contributed by atoms with Crippen molar-refractivity contribution in [1.29, 1.82) is 0 Å². The molecule has 100 valence electrons. The fraction of sp³-hybridized carbons (Fsp3) is 0.625. The Kier molecular flexibility index (Phi) is 4.41. The third kappa shape index (κ3) is 3.33. The molecule has 1 aromatic rings. The molecule has 0 aromatic heterocycles. The van der Waals surface area contributed by atoms with Crippen molar-refractivity contribution in [2.45, 2.75) is 33.2 Å². The second kappa shape index (κ2) is 5.85. The smallest absolute Gasteiger partial charge is 0.0231 e. The average Bonchev–Trinajstić information content (AvgIpc) is 2.78. The van der Waals surface area contributed by atoms with E-state index in [1.165, 1.54) is 43.6 Å². The van der Waals surface area contributed by atoms with E-state index in [2.05, 4.69) is 55.4 Å². The first kappa shape index (κ1) is 13.6. The van der Waals surface area contributed by atoms with Crippen molar-refractivity contribution >= 4 is 0 Å². The van der Waals surface area contributed by atoms with Gasteiger partial charge in [-0.1, -0.05) is 36.8 Å². The summed E-state index contributed by atoms with van der Waals surface area (Å²) in [7, 11) is 2.25. The zero-order valence-corrected chi connectivity index (χ0v) is 12.0. The SMILES string of the molecule is CCC1(CN(C)Cc2cccc(C)c2)CCNC1. The van der Waals surface area contributed by atoms with Gasteiger partial charge in [0.05, 0.1) is 0 Å². The summed E-state index contributed by atoms with van der Waals surface area (Å²) >= 11 is 0. The molecule has 1 heterocycles. The Labute approximate surface area is 111 Å². The fourth-order valence-corrected chi connectivity index (χ4v) is 3.09. The summed E-state index contributed by atoms with van der Waals surface area (Å²) in [5.74, 6) is 0. The number of nitrogens with one attached hydrogen (secondary N) is 1. The van der Waals surface area contributed by atoms with Crippen molar-refractivity contribution in [2.75, 3.05) is 26.7 Å². The van der Waals surface area contributed by atoms with E-state index in [1.54, 1.807) is 0 Å². The zero-order chi connectivity index (χ0) is 13.0. The van der Waals surface area contributed by atoms with Gasteiger partial charge in [0, 0.05) is 19.6 Å². The first-order valence-corrected chi connectivity index (χ1v) is 7.08. The van der Waals surface area contributed by atoms with Gasteiger partial charge in [0.2, 0.25) is 0 Å². The summed E-state index contributed by atoms with van der Waals surface area (Å²) in [6.07, 6.45) is 2.60. The second-order valence-electron chi connectivity index (χ2n) is 5.94. The Morgan fingerprint density at radius 2 is 2.22 bits per heavy atom. The van der Waals surface area contributed by atoms with Crippen LogP contribution in [0, 0.1) is 12.3 Å². The van der Waals surface area contributed by atoms with E-state index in [9.17, 15) is 0 Å². The standard InChI is InChI=1S/C16H26N2/c1-4-16(8-9-17-12-16)13-18(3)11-15-7-5-6-14(2)10-15/h5-7,10,17H,4,8-9,11-13H2,1-3H3. The highest BCUT2D eigenvalue weighted by atomic mass is 15.1. The highest BCUT2D eigenvalue weighted by Gasteiger charge is 2.32. The molecule has 1 saturated heterocycles. The Balaban J connectivity index is 1.93. The number of hydrogen-bond donors (Lipinski definition) is 1. The second-order valence-corrected chi connectivity index (χ2v) is 5.94. The van der Waals surface area contributed by atoms with Crippen LogP contribution in [0.25, 0.3) is 0 Å². The molecule has 2 rings (SSSR count). The van der Waals surface area contributed by atoms with Crippen LogP contribution in [0.2, 0.25) is 0 Å². The van der Waals surface area contributed by atoms with Crippen molar-refractivity contribution in [3.05, 3.63) is 35.4 Å². The van der Waals surface area contributed by atoms with Gasteiger partial charge in [0.1, 0.15) is 0 Å². The van der Waals surface area contributed by atoms with E-state index in [0.717, 1.165) is 6.54 Å². The first-order chi connectivity index (χ1) is 8.63. The predicted octanol–water partition coefficient (Wildman–Crippen LogP) is 2.82. The molecule has 1 atom stereocenters. The van der Waals surface area contributed by atoms with Crippen LogP contribution < -0.4 is 5.32 Å². The van der Waals surface area contributed by atoms with Gasteiger partial charge in [-0.3, -0.25) is 0 Å². The maximum Gasteiger partial charge on any atom is 0.0231 e. The van der Waals surface area contributed by atoms with E-state index < -0.39 is 0 Å². The zero-order valence-electron chi connectivity index (χ0n) is 12.0. The van der Waals surface area contributed by atoms with Crippen LogP contribution in [0.3, 0.4) is 0 Å². The molecular formula is C16H26N2. The maximum atomic E-state index is 3.52. The van der Waals surface area contributed by atoms with Gasteiger partial charge in [-0.2, -0.15) is 0 Å². The Bertz CT molecular complexity index is 380. The summed E-state index contributed by atoms with van der Waals surface area (Å²) in [4.78, 5) is 2.48. The third-order valence-electron chi connectivity index (χ3n) is 4.22. The summed E-state index contributed by atoms with van der Waals surface area (Å²) in [6.45, 7) is 9.12. The van der Waals surface area contributed by atoms with E-state index in [0.29, 0.717) is 5.41 Å². The Morgan fingerprint density at radius 1 is 1.39 bits per heavy atom. The van der Waals surface area contributed by atoms with E-state index in [4.69, 9.17) is 0 Å². The highest BCUT2D eigenvalue weighted by molar-refractivity contribution is 5.22. The van der Waals surface area contributed by atoms with E-state index >= 15 is 0 Å². The molecule has 1 unspecified atom stereocenters. The topological polar surface area (TPSA) is 15.3 Å². The molecule has 1 aromatic carbocycles. The lowest BCUT2D eigenvalue weighted by Gasteiger charge is -2.32. The largest absolute Gasteiger partial charge is 0.316 e. The fourth-order valence-electron chi connectivity index (χ4n) is 3.09. The monoisotopic (exact) mass is 246 g/mol. The van der Waals surface area contributed by atoms with Gasteiger partial charge in [0.25, 0.3) is 0 Å². The number of hydrogen-bond acceptors (Lipinski definition) is 2. The molecule has 2 nitrogen and oxygen atoms in total. The minimum absolute atomic E-state index is 0.499. The summed E-state index contributed by atoms with van der Waals surface area (Å²) in [6, 6.07) is 8.85. The average molecular weight is 246 g/mol. The van der Waals surface area contributed by atoms with Crippen LogP contribution in [0.4, 0.5) is 0 Å². The van der Waals surface area contributed by atoms with Crippen LogP contribution >= 0.6 is 0 Å². The molecule has 0 radical (unpaired) electrons.